The number of nitrogens with zero attached hydrogens (tertiary/aromatic N) is 3. The monoisotopic (exact) mass is 357 g/mol. The molecule has 0 fully saturated rings. The van der Waals surface area contributed by atoms with Crippen molar-refractivity contribution >= 4 is 32.4 Å². The second-order valence-electron chi connectivity index (χ2n) is 5.97. The van der Waals surface area contributed by atoms with E-state index in [-0.39, 0.29) is 4.90 Å². The molecule has 130 valence electrons. The van der Waals surface area contributed by atoms with E-state index in [1.54, 1.807) is 6.07 Å². The van der Waals surface area contributed by atoms with Crippen molar-refractivity contribution in [3.63, 3.8) is 0 Å². The van der Waals surface area contributed by atoms with Crippen molar-refractivity contribution in [3.05, 3.63) is 54.4 Å². The Balaban J connectivity index is 2.10. The maximum Gasteiger partial charge on any atom is 0.238 e. The summed E-state index contributed by atoms with van der Waals surface area (Å²) in [5.41, 5.74) is 2.38. The summed E-state index contributed by atoms with van der Waals surface area (Å²) in [6.07, 6.45) is 1.47. The van der Waals surface area contributed by atoms with Gasteiger partial charge in [-0.3, -0.25) is 0 Å². The summed E-state index contributed by atoms with van der Waals surface area (Å²) >= 11 is 0. The standard InChI is InChI=1S/C17H19N5O2S/c1-22(2)10-12-7-8-13(25(18,23)24)9-16(12)21-17-14-5-3-4-6-15(14)19-11-20-17/h3-9,11H,10H2,1-2H3,(H2,18,23,24)(H,19,20,21). The molecule has 3 N–H and O–H groups in total. The van der Waals surface area contributed by atoms with Gasteiger partial charge in [0.2, 0.25) is 10.0 Å². The van der Waals surface area contributed by atoms with Crippen LogP contribution in [0.2, 0.25) is 0 Å². The molecule has 7 nitrogen and oxygen atoms in total. The van der Waals surface area contributed by atoms with Crippen molar-refractivity contribution in [2.75, 3.05) is 19.4 Å². The van der Waals surface area contributed by atoms with Gasteiger partial charge < -0.3 is 10.2 Å². The van der Waals surface area contributed by atoms with E-state index in [2.05, 4.69) is 15.3 Å². The molecule has 0 aliphatic rings. The first-order chi connectivity index (χ1) is 11.8. The molecule has 0 aliphatic carbocycles. The van der Waals surface area contributed by atoms with Crippen molar-refractivity contribution in [2.45, 2.75) is 11.4 Å². The Morgan fingerprint density at radius 2 is 1.88 bits per heavy atom. The summed E-state index contributed by atoms with van der Waals surface area (Å²) in [5.74, 6) is 0.608. The summed E-state index contributed by atoms with van der Waals surface area (Å²) in [7, 11) is 0.0921. The zero-order valence-corrected chi connectivity index (χ0v) is 14.8. The molecule has 1 heterocycles. The number of fused-ring (bicyclic) bond motifs is 1. The van der Waals surface area contributed by atoms with Crippen LogP contribution in [-0.4, -0.2) is 37.4 Å². The summed E-state index contributed by atoms with van der Waals surface area (Å²) in [6.45, 7) is 0.635. The fraction of sp³-hybridized carbons (Fsp3) is 0.176. The van der Waals surface area contributed by atoms with Gasteiger partial charge in [-0.25, -0.2) is 23.5 Å². The maximum atomic E-state index is 11.7. The van der Waals surface area contributed by atoms with Crippen LogP contribution < -0.4 is 10.5 Å². The maximum absolute atomic E-state index is 11.7. The summed E-state index contributed by atoms with van der Waals surface area (Å²) in [4.78, 5) is 10.6. The predicted octanol–water partition coefficient (Wildman–Crippen LogP) is 2.08. The largest absolute Gasteiger partial charge is 0.339 e. The molecule has 0 atom stereocenters. The number of primary sulfonamides is 1. The summed E-state index contributed by atoms with van der Waals surface area (Å²) < 4.78 is 23.4. The van der Waals surface area contributed by atoms with E-state index in [0.29, 0.717) is 18.1 Å². The Hall–Kier alpha value is -2.55. The second-order valence-corrected chi connectivity index (χ2v) is 7.53. The van der Waals surface area contributed by atoms with Gasteiger partial charge in [-0.05, 0) is 43.9 Å². The molecule has 0 saturated heterocycles. The highest BCUT2D eigenvalue weighted by Gasteiger charge is 2.13. The van der Waals surface area contributed by atoms with Gasteiger partial charge in [-0.1, -0.05) is 18.2 Å². The molecule has 2 aromatic carbocycles. The van der Waals surface area contributed by atoms with Gasteiger partial charge in [0.1, 0.15) is 12.1 Å². The molecule has 0 saturated carbocycles. The highest BCUT2D eigenvalue weighted by Crippen LogP contribution is 2.27. The molecule has 25 heavy (non-hydrogen) atoms. The highest BCUT2D eigenvalue weighted by atomic mass is 32.2. The lowest BCUT2D eigenvalue weighted by molar-refractivity contribution is 0.403. The Labute approximate surface area is 146 Å². The fourth-order valence-corrected chi connectivity index (χ4v) is 3.10. The quantitative estimate of drug-likeness (QED) is 0.725. The van der Waals surface area contributed by atoms with E-state index in [1.165, 1.54) is 18.5 Å². The Morgan fingerprint density at radius 3 is 2.60 bits per heavy atom. The van der Waals surface area contributed by atoms with Crippen LogP contribution >= 0.6 is 0 Å². The molecule has 0 bridgehead atoms. The minimum Gasteiger partial charge on any atom is -0.339 e. The number of rotatable bonds is 5. The first-order valence-corrected chi connectivity index (χ1v) is 9.16. The van der Waals surface area contributed by atoms with Crippen LogP contribution in [-0.2, 0) is 16.6 Å². The van der Waals surface area contributed by atoms with Crippen molar-refractivity contribution in [1.82, 2.24) is 14.9 Å². The van der Waals surface area contributed by atoms with E-state index in [9.17, 15) is 8.42 Å². The number of nitrogens with two attached hydrogens (primary N) is 1. The lowest BCUT2D eigenvalue weighted by atomic mass is 10.1. The SMILES string of the molecule is CN(C)Cc1ccc(S(N)(=O)=O)cc1Nc1ncnc2ccccc12. The average Bonchev–Trinajstić information content (AvgIpc) is 2.55. The number of sulfonamides is 1. The van der Waals surface area contributed by atoms with Crippen molar-refractivity contribution in [3.8, 4) is 0 Å². The molecule has 0 amide bonds. The summed E-state index contributed by atoms with van der Waals surface area (Å²) in [6, 6.07) is 12.4. The van der Waals surface area contributed by atoms with Crippen LogP contribution in [0.3, 0.4) is 0 Å². The van der Waals surface area contributed by atoms with E-state index >= 15 is 0 Å². The number of hydrogen-bond acceptors (Lipinski definition) is 6. The Bertz CT molecular complexity index is 1010. The number of benzene rings is 2. The Morgan fingerprint density at radius 1 is 1.12 bits per heavy atom. The lowest BCUT2D eigenvalue weighted by Crippen LogP contribution is -2.15. The van der Waals surface area contributed by atoms with Gasteiger partial charge in [0.15, 0.2) is 0 Å². The van der Waals surface area contributed by atoms with Gasteiger partial charge in [-0.15, -0.1) is 0 Å². The van der Waals surface area contributed by atoms with Gasteiger partial charge in [0, 0.05) is 17.6 Å². The van der Waals surface area contributed by atoms with Crippen LogP contribution in [0.1, 0.15) is 5.56 Å². The molecule has 3 rings (SSSR count). The predicted molar refractivity (Wildman–Crippen MR) is 98.0 cm³/mol. The molecule has 8 heteroatoms. The van der Waals surface area contributed by atoms with Crippen LogP contribution in [0, 0.1) is 0 Å². The first-order valence-electron chi connectivity index (χ1n) is 7.62. The topological polar surface area (TPSA) is 101 Å². The van der Waals surface area contributed by atoms with E-state index in [1.807, 2.05) is 43.3 Å². The molecule has 0 radical (unpaired) electrons. The normalized spacial score (nSPS) is 11.8. The Kier molecular flexibility index (Phi) is 4.67. The van der Waals surface area contributed by atoms with Gasteiger partial charge in [-0.2, -0.15) is 0 Å². The van der Waals surface area contributed by atoms with Crippen LogP contribution in [0.15, 0.2) is 53.7 Å². The number of nitrogens with one attached hydrogen (secondary N) is 1. The van der Waals surface area contributed by atoms with E-state index in [0.717, 1.165) is 16.5 Å². The molecular weight excluding hydrogens is 338 g/mol. The zero-order valence-electron chi connectivity index (χ0n) is 14.0. The fourth-order valence-electron chi connectivity index (χ4n) is 2.56. The van der Waals surface area contributed by atoms with E-state index < -0.39 is 10.0 Å². The molecule has 0 spiro atoms. The lowest BCUT2D eigenvalue weighted by Gasteiger charge is -2.17. The van der Waals surface area contributed by atoms with Crippen molar-refractivity contribution in [1.29, 1.82) is 0 Å². The summed E-state index contributed by atoms with van der Waals surface area (Å²) in [5, 5.41) is 9.35. The van der Waals surface area contributed by atoms with Crippen molar-refractivity contribution in [2.24, 2.45) is 5.14 Å². The van der Waals surface area contributed by atoms with Crippen LogP contribution in [0.5, 0.6) is 0 Å². The number of para-hydroxylation sites is 1. The minimum absolute atomic E-state index is 0.0517. The highest BCUT2D eigenvalue weighted by molar-refractivity contribution is 7.89. The smallest absolute Gasteiger partial charge is 0.238 e. The van der Waals surface area contributed by atoms with Crippen LogP contribution in [0.4, 0.5) is 11.5 Å². The first kappa shape index (κ1) is 17.3. The van der Waals surface area contributed by atoms with Gasteiger partial charge in [0.25, 0.3) is 0 Å². The minimum atomic E-state index is -3.79. The number of anilines is 2. The third-order valence-corrected chi connectivity index (χ3v) is 4.60. The molecule has 1 aromatic heterocycles. The third-order valence-electron chi connectivity index (χ3n) is 3.69. The van der Waals surface area contributed by atoms with Gasteiger partial charge in [0.05, 0.1) is 10.4 Å². The van der Waals surface area contributed by atoms with E-state index in [4.69, 9.17) is 5.14 Å². The third kappa shape index (κ3) is 3.93. The van der Waals surface area contributed by atoms with Crippen molar-refractivity contribution < 1.29 is 8.42 Å². The molecular formula is C17H19N5O2S. The molecule has 0 unspecified atom stereocenters. The number of hydrogen-bond donors (Lipinski definition) is 2. The average molecular weight is 357 g/mol. The second kappa shape index (κ2) is 6.75. The van der Waals surface area contributed by atoms with Crippen LogP contribution in [0.25, 0.3) is 10.9 Å². The molecule has 0 aliphatic heterocycles. The van der Waals surface area contributed by atoms with Gasteiger partial charge >= 0.3 is 0 Å². The number of aromatic nitrogens is 2. The zero-order chi connectivity index (χ0) is 18.0. The molecule has 3 aromatic rings.